The van der Waals surface area contributed by atoms with Crippen LogP contribution in [-0.4, -0.2) is 0 Å². The van der Waals surface area contributed by atoms with E-state index in [2.05, 4.69) is 0 Å². The molecule has 0 nitrogen and oxygen atoms in total. The molecule has 1 radical (unpaired) electrons. The molecule has 1 aromatic carbocycles. The fourth-order valence-corrected chi connectivity index (χ4v) is 2.03. The maximum absolute atomic E-state index is 6.00. The second kappa shape index (κ2) is 2.65. The third kappa shape index (κ3) is 1.35. The molecule has 1 fully saturated rings. The van der Waals surface area contributed by atoms with E-state index in [1.165, 1.54) is 18.4 Å². The van der Waals surface area contributed by atoms with Crippen molar-refractivity contribution in [2.45, 2.75) is 23.7 Å². The van der Waals surface area contributed by atoms with Crippen LogP contribution >= 0.6 is 24.2 Å². The lowest BCUT2D eigenvalue weighted by Gasteiger charge is -2.03. The highest BCUT2D eigenvalue weighted by molar-refractivity contribution is 7.80. The smallest absolute Gasteiger partial charge is 0.0455 e. The Labute approximate surface area is 77.0 Å². The van der Waals surface area contributed by atoms with Crippen molar-refractivity contribution in [2.24, 2.45) is 0 Å². The van der Waals surface area contributed by atoms with Crippen LogP contribution in [0.3, 0.4) is 0 Å². The molecule has 1 aliphatic carbocycles. The van der Waals surface area contributed by atoms with Gasteiger partial charge in [0.05, 0.1) is 0 Å². The van der Waals surface area contributed by atoms with Gasteiger partial charge in [-0.25, -0.2) is 0 Å². The molecular formula is C9H8ClS. The molecule has 0 saturated heterocycles. The van der Waals surface area contributed by atoms with E-state index < -0.39 is 0 Å². The Morgan fingerprint density at radius 3 is 2.64 bits per heavy atom. The molecule has 0 heterocycles. The average Bonchev–Trinajstić information content (AvgIpc) is 2.70. The first-order valence-corrected chi connectivity index (χ1v) is 4.53. The van der Waals surface area contributed by atoms with Crippen LogP contribution in [0, 0.1) is 0 Å². The topological polar surface area (TPSA) is 0 Å². The lowest BCUT2D eigenvalue weighted by atomic mass is 10.1. The van der Waals surface area contributed by atoms with E-state index in [1.807, 2.05) is 18.2 Å². The molecule has 0 aromatic heterocycles. The zero-order chi connectivity index (χ0) is 7.84. The fraction of sp³-hybridized carbons (Fsp3) is 0.333. The minimum absolute atomic E-state index is 0.663. The van der Waals surface area contributed by atoms with Crippen LogP contribution in [0.25, 0.3) is 0 Å². The number of hydrogen-bond donors (Lipinski definition) is 0. The van der Waals surface area contributed by atoms with E-state index in [-0.39, 0.29) is 0 Å². The normalized spacial score (nSPS) is 16.8. The maximum atomic E-state index is 6.00. The molecule has 1 aromatic rings. The summed E-state index contributed by atoms with van der Waals surface area (Å²) in [4.78, 5) is 0.931. The van der Waals surface area contributed by atoms with Crippen molar-refractivity contribution >= 4 is 24.2 Å². The van der Waals surface area contributed by atoms with Crippen molar-refractivity contribution in [2.75, 3.05) is 0 Å². The number of rotatable bonds is 1. The van der Waals surface area contributed by atoms with Crippen LogP contribution in [-0.2, 0) is 0 Å². The van der Waals surface area contributed by atoms with Gasteiger partial charge in [0.2, 0.25) is 0 Å². The lowest BCUT2D eigenvalue weighted by Crippen LogP contribution is -1.82. The van der Waals surface area contributed by atoms with Gasteiger partial charge >= 0.3 is 0 Å². The third-order valence-electron chi connectivity index (χ3n) is 2.00. The summed E-state index contributed by atoms with van der Waals surface area (Å²) in [6.45, 7) is 0. The van der Waals surface area contributed by atoms with Gasteiger partial charge in [0.25, 0.3) is 0 Å². The monoisotopic (exact) mass is 183 g/mol. The van der Waals surface area contributed by atoms with E-state index >= 15 is 0 Å². The molecule has 2 heteroatoms. The molecule has 0 amide bonds. The molecule has 0 atom stereocenters. The Morgan fingerprint density at radius 1 is 1.36 bits per heavy atom. The standard InChI is InChI=1S/C9H8ClS/c10-7-2-1-3-8(11)9(7)6-4-5-6/h1-3,6H,4-5H2. The van der Waals surface area contributed by atoms with Gasteiger partial charge in [-0.15, -0.1) is 0 Å². The van der Waals surface area contributed by atoms with Crippen molar-refractivity contribution < 1.29 is 0 Å². The predicted octanol–water partition coefficient (Wildman–Crippen LogP) is 3.77. The Bertz CT molecular complexity index is 259. The van der Waals surface area contributed by atoms with Crippen LogP contribution in [0.2, 0.25) is 5.02 Å². The third-order valence-corrected chi connectivity index (χ3v) is 2.68. The van der Waals surface area contributed by atoms with Gasteiger partial charge in [-0.1, -0.05) is 30.3 Å². The Kier molecular flexibility index (Phi) is 1.78. The summed E-state index contributed by atoms with van der Waals surface area (Å²) >= 11 is 11.2. The summed E-state index contributed by atoms with van der Waals surface area (Å²) in [5.41, 5.74) is 1.20. The average molecular weight is 184 g/mol. The van der Waals surface area contributed by atoms with Crippen LogP contribution in [0.5, 0.6) is 0 Å². The SMILES string of the molecule is [S]c1cccc(Cl)c1C1CC1. The van der Waals surface area contributed by atoms with E-state index in [0.717, 1.165) is 9.92 Å². The first-order valence-electron chi connectivity index (χ1n) is 3.74. The highest BCUT2D eigenvalue weighted by atomic mass is 35.5. The van der Waals surface area contributed by atoms with Gasteiger partial charge in [0.1, 0.15) is 0 Å². The molecule has 0 spiro atoms. The fourth-order valence-electron chi connectivity index (χ4n) is 1.29. The lowest BCUT2D eigenvalue weighted by molar-refractivity contribution is 1.07. The Morgan fingerprint density at radius 2 is 2.09 bits per heavy atom. The van der Waals surface area contributed by atoms with Crippen molar-refractivity contribution in [3.05, 3.63) is 28.8 Å². The second-order valence-electron chi connectivity index (χ2n) is 2.93. The molecule has 1 saturated carbocycles. The van der Waals surface area contributed by atoms with Crippen molar-refractivity contribution in [1.29, 1.82) is 0 Å². The summed E-state index contributed by atoms with van der Waals surface area (Å²) < 4.78 is 0. The van der Waals surface area contributed by atoms with Crippen molar-refractivity contribution in [3.63, 3.8) is 0 Å². The van der Waals surface area contributed by atoms with Crippen LogP contribution in [0.4, 0.5) is 0 Å². The highest BCUT2D eigenvalue weighted by Gasteiger charge is 2.27. The van der Waals surface area contributed by atoms with Gasteiger partial charge in [-0.3, -0.25) is 0 Å². The largest absolute Gasteiger partial charge is 0.0840 e. The number of halogens is 1. The molecular weight excluding hydrogens is 176 g/mol. The van der Waals surface area contributed by atoms with Gasteiger partial charge in [0.15, 0.2) is 0 Å². The van der Waals surface area contributed by atoms with Gasteiger partial charge < -0.3 is 0 Å². The van der Waals surface area contributed by atoms with Gasteiger partial charge in [-0.2, -0.15) is 0 Å². The molecule has 1 aliphatic rings. The van der Waals surface area contributed by atoms with Gasteiger partial charge in [-0.05, 0) is 36.5 Å². The molecule has 2 rings (SSSR count). The van der Waals surface area contributed by atoms with Crippen LogP contribution in [0.1, 0.15) is 24.3 Å². The number of benzene rings is 1. The highest BCUT2D eigenvalue weighted by Crippen LogP contribution is 2.45. The minimum atomic E-state index is 0.663. The first-order chi connectivity index (χ1) is 5.29. The molecule has 0 bridgehead atoms. The Hall–Kier alpha value is -0.270. The zero-order valence-electron chi connectivity index (χ0n) is 6.01. The maximum Gasteiger partial charge on any atom is 0.0455 e. The summed E-state index contributed by atoms with van der Waals surface area (Å²) in [6, 6.07) is 5.79. The van der Waals surface area contributed by atoms with Gasteiger partial charge in [0, 0.05) is 9.92 Å². The summed E-state index contributed by atoms with van der Waals surface area (Å²) in [6.07, 6.45) is 2.51. The summed E-state index contributed by atoms with van der Waals surface area (Å²) in [5, 5.41) is 0.847. The first kappa shape index (κ1) is 7.38. The van der Waals surface area contributed by atoms with Crippen LogP contribution in [0.15, 0.2) is 23.1 Å². The molecule has 57 valence electrons. The molecule has 0 unspecified atom stereocenters. The van der Waals surface area contributed by atoms with Crippen LogP contribution < -0.4 is 0 Å². The van der Waals surface area contributed by atoms with E-state index in [0.29, 0.717) is 5.92 Å². The van der Waals surface area contributed by atoms with Crippen molar-refractivity contribution in [1.82, 2.24) is 0 Å². The minimum Gasteiger partial charge on any atom is -0.0840 e. The molecule has 11 heavy (non-hydrogen) atoms. The number of hydrogen-bond acceptors (Lipinski definition) is 0. The van der Waals surface area contributed by atoms with E-state index in [4.69, 9.17) is 24.2 Å². The van der Waals surface area contributed by atoms with E-state index in [9.17, 15) is 0 Å². The molecule has 0 aliphatic heterocycles. The zero-order valence-corrected chi connectivity index (χ0v) is 7.58. The summed E-state index contributed by atoms with van der Waals surface area (Å²) in [5.74, 6) is 0.663. The van der Waals surface area contributed by atoms with E-state index in [1.54, 1.807) is 0 Å². The van der Waals surface area contributed by atoms with Crippen molar-refractivity contribution in [3.8, 4) is 0 Å². The quantitative estimate of drug-likeness (QED) is 0.622. The summed E-state index contributed by atoms with van der Waals surface area (Å²) in [7, 11) is 0. The molecule has 0 N–H and O–H groups in total. The Balaban J connectivity index is 2.48. The second-order valence-corrected chi connectivity index (χ2v) is 3.77. The predicted molar refractivity (Wildman–Crippen MR) is 49.3 cm³/mol.